The van der Waals surface area contributed by atoms with E-state index in [1.807, 2.05) is 25.2 Å². The molecule has 0 aliphatic carbocycles. The molecule has 0 bridgehead atoms. The van der Waals surface area contributed by atoms with Crippen LogP contribution in [0.2, 0.25) is 0 Å². The molecule has 0 saturated carbocycles. The molecule has 94 valence electrons. The number of nitrogens with two attached hydrogens (primary N) is 1. The van der Waals surface area contributed by atoms with Crippen LogP contribution in [-0.4, -0.2) is 20.4 Å². The summed E-state index contributed by atoms with van der Waals surface area (Å²) in [4.78, 5) is 0. The third-order valence-corrected chi connectivity index (χ3v) is 3.28. The Labute approximate surface area is 102 Å². The van der Waals surface area contributed by atoms with E-state index in [4.69, 9.17) is 15.2 Å². The number of hydrogen-bond donors (Lipinski definition) is 2. The van der Waals surface area contributed by atoms with Crippen molar-refractivity contribution in [2.75, 3.05) is 20.4 Å². The maximum absolute atomic E-state index is 6.29. The van der Waals surface area contributed by atoms with Crippen molar-refractivity contribution in [1.29, 1.82) is 0 Å². The van der Waals surface area contributed by atoms with Gasteiger partial charge in [-0.2, -0.15) is 0 Å². The van der Waals surface area contributed by atoms with Crippen molar-refractivity contribution in [3.05, 3.63) is 23.8 Å². The molecule has 1 heterocycles. The Morgan fingerprint density at radius 2 is 2.12 bits per heavy atom. The first-order valence-electron chi connectivity index (χ1n) is 6.06. The Hall–Kier alpha value is -1.26. The fourth-order valence-electron chi connectivity index (χ4n) is 2.18. The third kappa shape index (κ3) is 2.53. The van der Waals surface area contributed by atoms with Crippen molar-refractivity contribution >= 4 is 0 Å². The molecule has 0 amide bonds. The number of nitrogens with one attached hydrogen (secondary N) is 1. The van der Waals surface area contributed by atoms with E-state index in [9.17, 15) is 0 Å². The van der Waals surface area contributed by atoms with Crippen LogP contribution in [0.5, 0.6) is 11.5 Å². The normalized spacial score (nSPS) is 16.9. The van der Waals surface area contributed by atoms with Crippen molar-refractivity contribution in [3.8, 4) is 11.5 Å². The topological polar surface area (TPSA) is 56.5 Å². The highest BCUT2D eigenvalue weighted by atomic mass is 16.7. The lowest BCUT2D eigenvalue weighted by atomic mass is 9.91. The lowest BCUT2D eigenvalue weighted by Crippen LogP contribution is -2.29. The zero-order valence-electron chi connectivity index (χ0n) is 10.4. The van der Waals surface area contributed by atoms with Gasteiger partial charge in [0.25, 0.3) is 0 Å². The van der Waals surface area contributed by atoms with E-state index in [1.54, 1.807) is 0 Å². The van der Waals surface area contributed by atoms with Gasteiger partial charge < -0.3 is 20.5 Å². The molecular formula is C13H20N2O2. The van der Waals surface area contributed by atoms with Gasteiger partial charge in [0, 0.05) is 6.04 Å². The Bertz CT molecular complexity index is 382. The molecule has 0 spiro atoms. The average Bonchev–Trinajstić information content (AvgIpc) is 2.82. The molecule has 2 unspecified atom stereocenters. The Kier molecular flexibility index (Phi) is 3.86. The minimum absolute atomic E-state index is 0.0296. The van der Waals surface area contributed by atoms with E-state index in [1.165, 1.54) is 0 Å². The van der Waals surface area contributed by atoms with Crippen LogP contribution in [0.1, 0.15) is 24.9 Å². The number of hydrogen-bond acceptors (Lipinski definition) is 4. The van der Waals surface area contributed by atoms with Gasteiger partial charge in [0.2, 0.25) is 6.79 Å². The molecule has 4 heteroatoms. The van der Waals surface area contributed by atoms with E-state index < -0.39 is 0 Å². The molecular weight excluding hydrogens is 216 g/mol. The highest BCUT2D eigenvalue weighted by Gasteiger charge is 2.20. The maximum atomic E-state index is 6.29. The van der Waals surface area contributed by atoms with E-state index in [-0.39, 0.29) is 6.04 Å². The van der Waals surface area contributed by atoms with Gasteiger partial charge in [-0.05, 0) is 37.2 Å². The van der Waals surface area contributed by atoms with Crippen LogP contribution in [0.4, 0.5) is 0 Å². The zero-order valence-corrected chi connectivity index (χ0v) is 10.4. The smallest absolute Gasteiger partial charge is 0.231 e. The molecule has 1 aromatic rings. The van der Waals surface area contributed by atoms with Crippen LogP contribution < -0.4 is 20.5 Å². The second-order valence-corrected chi connectivity index (χ2v) is 4.36. The highest BCUT2D eigenvalue weighted by Crippen LogP contribution is 2.35. The Morgan fingerprint density at radius 3 is 2.82 bits per heavy atom. The second kappa shape index (κ2) is 5.38. The number of fused-ring (bicyclic) bond motifs is 1. The van der Waals surface area contributed by atoms with Gasteiger partial charge in [0.15, 0.2) is 11.5 Å². The quantitative estimate of drug-likeness (QED) is 0.816. The monoisotopic (exact) mass is 236 g/mol. The lowest BCUT2D eigenvalue weighted by molar-refractivity contribution is 0.174. The van der Waals surface area contributed by atoms with Crippen LogP contribution >= 0.6 is 0 Å². The molecule has 17 heavy (non-hydrogen) atoms. The molecule has 0 fully saturated rings. The summed E-state index contributed by atoms with van der Waals surface area (Å²) in [5.74, 6) is 2.04. The first kappa shape index (κ1) is 12.2. The summed E-state index contributed by atoms with van der Waals surface area (Å²) >= 11 is 0. The van der Waals surface area contributed by atoms with Crippen molar-refractivity contribution in [1.82, 2.24) is 5.32 Å². The van der Waals surface area contributed by atoms with Crippen molar-refractivity contribution < 1.29 is 9.47 Å². The lowest BCUT2D eigenvalue weighted by Gasteiger charge is -2.22. The first-order valence-corrected chi connectivity index (χ1v) is 6.06. The summed E-state index contributed by atoms with van der Waals surface area (Å²) in [6, 6.07) is 5.98. The van der Waals surface area contributed by atoms with Gasteiger partial charge in [-0.3, -0.25) is 0 Å². The van der Waals surface area contributed by atoms with Gasteiger partial charge in [-0.1, -0.05) is 19.4 Å². The summed E-state index contributed by atoms with van der Waals surface area (Å²) in [7, 11) is 1.95. The molecule has 1 aliphatic heterocycles. The largest absolute Gasteiger partial charge is 0.454 e. The van der Waals surface area contributed by atoms with Crippen LogP contribution in [-0.2, 0) is 0 Å². The Morgan fingerprint density at radius 1 is 1.35 bits per heavy atom. The molecule has 0 radical (unpaired) electrons. The van der Waals surface area contributed by atoms with E-state index in [0.717, 1.165) is 30.0 Å². The molecule has 0 aromatic heterocycles. The molecule has 1 aromatic carbocycles. The van der Waals surface area contributed by atoms with Crippen LogP contribution in [0.25, 0.3) is 0 Å². The second-order valence-electron chi connectivity index (χ2n) is 4.36. The molecule has 0 saturated heterocycles. The molecule has 2 atom stereocenters. The standard InChI is InChI=1S/C13H20N2O2/c1-3-9(7-15-2)13(14)10-4-5-11-12(6-10)17-8-16-11/h4-6,9,13,15H,3,7-8,14H2,1-2H3. The summed E-state index contributed by atoms with van der Waals surface area (Å²) < 4.78 is 10.7. The van der Waals surface area contributed by atoms with E-state index in [0.29, 0.717) is 12.7 Å². The van der Waals surface area contributed by atoms with Gasteiger partial charge in [0.05, 0.1) is 0 Å². The minimum atomic E-state index is 0.0296. The highest BCUT2D eigenvalue weighted by molar-refractivity contribution is 5.45. The maximum Gasteiger partial charge on any atom is 0.231 e. The Balaban J connectivity index is 2.15. The molecule has 1 aliphatic rings. The fourth-order valence-corrected chi connectivity index (χ4v) is 2.18. The summed E-state index contributed by atoms with van der Waals surface area (Å²) in [5.41, 5.74) is 7.40. The van der Waals surface area contributed by atoms with Crippen LogP contribution in [0, 0.1) is 5.92 Å². The molecule has 3 N–H and O–H groups in total. The minimum Gasteiger partial charge on any atom is -0.454 e. The average molecular weight is 236 g/mol. The predicted molar refractivity (Wildman–Crippen MR) is 67.2 cm³/mol. The summed E-state index contributed by atoms with van der Waals surface area (Å²) in [6.45, 7) is 3.39. The van der Waals surface area contributed by atoms with Gasteiger partial charge in [-0.25, -0.2) is 0 Å². The van der Waals surface area contributed by atoms with Gasteiger partial charge in [0.1, 0.15) is 0 Å². The van der Waals surface area contributed by atoms with Gasteiger partial charge in [-0.15, -0.1) is 0 Å². The SMILES string of the molecule is CCC(CNC)C(N)c1ccc2c(c1)OCO2. The van der Waals surface area contributed by atoms with Gasteiger partial charge >= 0.3 is 0 Å². The number of benzene rings is 1. The van der Waals surface area contributed by atoms with Crippen LogP contribution in [0.15, 0.2) is 18.2 Å². The zero-order chi connectivity index (χ0) is 12.3. The third-order valence-electron chi connectivity index (χ3n) is 3.28. The van der Waals surface area contributed by atoms with Crippen molar-refractivity contribution in [2.45, 2.75) is 19.4 Å². The van der Waals surface area contributed by atoms with Crippen LogP contribution in [0.3, 0.4) is 0 Å². The van der Waals surface area contributed by atoms with E-state index >= 15 is 0 Å². The summed E-state index contributed by atoms with van der Waals surface area (Å²) in [6.07, 6.45) is 1.05. The first-order chi connectivity index (χ1) is 8.26. The van der Waals surface area contributed by atoms with Crippen molar-refractivity contribution in [2.24, 2.45) is 11.7 Å². The van der Waals surface area contributed by atoms with E-state index in [2.05, 4.69) is 12.2 Å². The molecule has 4 nitrogen and oxygen atoms in total. The summed E-state index contributed by atoms with van der Waals surface area (Å²) in [5, 5.41) is 3.19. The fraction of sp³-hybridized carbons (Fsp3) is 0.538. The molecule has 2 rings (SSSR count). The predicted octanol–water partition coefficient (Wildman–Crippen LogP) is 1.66. The number of ether oxygens (including phenoxy) is 2. The van der Waals surface area contributed by atoms with Crippen molar-refractivity contribution in [3.63, 3.8) is 0 Å². The number of rotatable bonds is 5.